The molecule has 2 aromatic rings. The normalized spacial score (nSPS) is 10.6. The Labute approximate surface area is 132 Å². The number of phenolic OH excluding ortho intramolecular Hbond substituents is 1. The molecule has 7 heteroatoms. The molecule has 0 heterocycles. The van der Waals surface area contributed by atoms with Crippen LogP contribution in [0.1, 0.15) is 22.8 Å². The molecule has 122 valence electrons. The Hall–Kier alpha value is -2.83. The lowest BCUT2D eigenvalue weighted by Crippen LogP contribution is -2.35. The SMILES string of the molecule is CCOc1c(Nc2cc(C)cc(C(=O)N(C)C)c2O)c(=O)c1=O. The molecule has 0 radical (unpaired) electrons. The molecule has 0 aromatic heterocycles. The Morgan fingerprint density at radius 2 is 1.91 bits per heavy atom. The number of nitrogens with one attached hydrogen (secondary N) is 1. The molecule has 23 heavy (non-hydrogen) atoms. The van der Waals surface area contributed by atoms with Gasteiger partial charge in [0, 0.05) is 14.1 Å². The number of anilines is 2. The first-order valence-electron chi connectivity index (χ1n) is 7.06. The molecule has 0 bridgehead atoms. The van der Waals surface area contributed by atoms with Gasteiger partial charge in [-0.25, -0.2) is 0 Å². The van der Waals surface area contributed by atoms with Gasteiger partial charge < -0.3 is 20.1 Å². The third-order valence-corrected chi connectivity index (χ3v) is 3.31. The minimum Gasteiger partial charge on any atom is -0.505 e. The third kappa shape index (κ3) is 2.90. The van der Waals surface area contributed by atoms with Crippen molar-refractivity contribution in [2.75, 3.05) is 26.0 Å². The molecule has 0 saturated carbocycles. The molecule has 2 aromatic carbocycles. The summed E-state index contributed by atoms with van der Waals surface area (Å²) >= 11 is 0. The van der Waals surface area contributed by atoms with Crippen LogP contribution >= 0.6 is 0 Å². The number of benzene rings is 1. The molecule has 2 N–H and O–H groups in total. The van der Waals surface area contributed by atoms with Gasteiger partial charge in [0.15, 0.2) is 11.5 Å². The van der Waals surface area contributed by atoms with Gasteiger partial charge in [0.25, 0.3) is 16.8 Å². The number of carbonyl (C=O) groups is 1. The summed E-state index contributed by atoms with van der Waals surface area (Å²) in [5.41, 5.74) is -0.438. The zero-order valence-corrected chi connectivity index (χ0v) is 13.4. The first kappa shape index (κ1) is 16.5. The van der Waals surface area contributed by atoms with Gasteiger partial charge in [-0.15, -0.1) is 0 Å². The molecular formula is C16H18N2O5. The van der Waals surface area contributed by atoms with Crippen molar-refractivity contribution in [3.8, 4) is 11.5 Å². The number of nitrogens with zero attached hydrogens (tertiary/aromatic N) is 1. The van der Waals surface area contributed by atoms with Gasteiger partial charge in [-0.3, -0.25) is 14.4 Å². The van der Waals surface area contributed by atoms with E-state index in [0.29, 0.717) is 5.56 Å². The number of aryl methyl sites for hydroxylation is 1. The van der Waals surface area contributed by atoms with Gasteiger partial charge in [-0.1, -0.05) is 0 Å². The Balaban J connectivity index is 2.46. The molecule has 1 amide bonds. The number of ether oxygens (including phenoxy) is 1. The fourth-order valence-corrected chi connectivity index (χ4v) is 2.18. The molecular weight excluding hydrogens is 300 g/mol. The topological polar surface area (TPSA) is 95.9 Å². The van der Waals surface area contributed by atoms with Crippen molar-refractivity contribution in [1.82, 2.24) is 4.90 Å². The highest BCUT2D eigenvalue weighted by molar-refractivity contribution is 5.99. The molecule has 0 fully saturated rings. The van der Waals surface area contributed by atoms with E-state index in [1.54, 1.807) is 40.1 Å². The van der Waals surface area contributed by atoms with Crippen LogP contribution in [0.5, 0.6) is 11.5 Å². The first-order valence-corrected chi connectivity index (χ1v) is 7.06. The summed E-state index contributed by atoms with van der Waals surface area (Å²) in [4.78, 5) is 36.6. The standard InChI is InChI=1S/C16H18N2O5/c1-5-23-15-11(13(20)14(15)21)17-10-7-8(2)6-9(12(10)19)16(22)18(3)4/h6-7,17,19H,5H2,1-4H3. The molecule has 0 spiro atoms. The minimum atomic E-state index is -0.713. The molecule has 0 aliphatic carbocycles. The Bertz CT molecular complexity index is 832. The predicted octanol–water partition coefficient (Wildman–Crippen LogP) is 1.14. The number of aromatic hydroxyl groups is 1. The molecule has 7 nitrogen and oxygen atoms in total. The van der Waals surface area contributed by atoms with Crippen molar-refractivity contribution >= 4 is 17.3 Å². The third-order valence-electron chi connectivity index (χ3n) is 3.31. The lowest BCUT2D eigenvalue weighted by atomic mass is 10.1. The highest BCUT2D eigenvalue weighted by Gasteiger charge is 2.25. The maximum absolute atomic E-state index is 12.1. The molecule has 0 aliphatic rings. The number of phenols is 1. The summed E-state index contributed by atoms with van der Waals surface area (Å²) < 4.78 is 5.12. The van der Waals surface area contributed by atoms with Crippen LogP contribution in [0, 0.1) is 6.92 Å². The average molecular weight is 318 g/mol. The second-order valence-electron chi connectivity index (χ2n) is 5.33. The molecule has 2 rings (SSSR count). The van der Waals surface area contributed by atoms with Crippen LogP contribution in [0.3, 0.4) is 0 Å². The summed E-state index contributed by atoms with van der Waals surface area (Å²) in [7, 11) is 3.14. The van der Waals surface area contributed by atoms with Gasteiger partial charge in [-0.2, -0.15) is 0 Å². The number of amides is 1. The van der Waals surface area contributed by atoms with E-state index in [9.17, 15) is 19.5 Å². The summed E-state index contributed by atoms with van der Waals surface area (Å²) in [5, 5.41) is 13.0. The van der Waals surface area contributed by atoms with Gasteiger partial charge >= 0.3 is 0 Å². The molecule has 0 unspecified atom stereocenters. The monoisotopic (exact) mass is 318 g/mol. The number of carbonyl (C=O) groups excluding carboxylic acids is 1. The Morgan fingerprint density at radius 3 is 2.48 bits per heavy atom. The van der Waals surface area contributed by atoms with Crippen molar-refractivity contribution in [1.29, 1.82) is 0 Å². The van der Waals surface area contributed by atoms with E-state index < -0.39 is 10.9 Å². The lowest BCUT2D eigenvalue weighted by molar-refractivity contribution is 0.0824. The molecule has 0 aliphatic heterocycles. The largest absolute Gasteiger partial charge is 0.505 e. The fourth-order valence-electron chi connectivity index (χ4n) is 2.18. The zero-order valence-electron chi connectivity index (χ0n) is 13.4. The number of rotatable bonds is 5. The lowest BCUT2D eigenvalue weighted by Gasteiger charge is -2.17. The second kappa shape index (κ2) is 6.12. The highest BCUT2D eigenvalue weighted by atomic mass is 16.5. The van der Waals surface area contributed by atoms with Crippen molar-refractivity contribution in [3.05, 3.63) is 43.7 Å². The highest BCUT2D eigenvalue weighted by Crippen LogP contribution is 2.33. The predicted molar refractivity (Wildman–Crippen MR) is 86.7 cm³/mol. The van der Waals surface area contributed by atoms with Gasteiger partial charge in [0.1, 0.15) is 5.69 Å². The summed E-state index contributed by atoms with van der Waals surface area (Å²) in [5.74, 6) is -0.715. The molecule has 0 saturated heterocycles. The van der Waals surface area contributed by atoms with E-state index in [1.807, 2.05) is 0 Å². The van der Waals surface area contributed by atoms with Gasteiger partial charge in [0.05, 0.1) is 17.9 Å². The maximum Gasteiger partial charge on any atom is 0.272 e. The van der Waals surface area contributed by atoms with Gasteiger partial charge in [-0.05, 0) is 31.5 Å². The van der Waals surface area contributed by atoms with Crippen molar-refractivity contribution in [2.24, 2.45) is 0 Å². The van der Waals surface area contributed by atoms with E-state index in [2.05, 4.69) is 5.32 Å². The van der Waals surface area contributed by atoms with E-state index in [1.165, 1.54) is 4.90 Å². The van der Waals surface area contributed by atoms with Crippen LogP contribution in [-0.4, -0.2) is 36.6 Å². The smallest absolute Gasteiger partial charge is 0.272 e. The van der Waals surface area contributed by atoms with Crippen molar-refractivity contribution in [3.63, 3.8) is 0 Å². The first-order chi connectivity index (χ1) is 10.8. The van der Waals surface area contributed by atoms with E-state index in [4.69, 9.17) is 4.74 Å². The quantitative estimate of drug-likeness (QED) is 0.634. The Kier molecular flexibility index (Phi) is 4.40. The van der Waals surface area contributed by atoms with Crippen LogP contribution in [0.15, 0.2) is 21.7 Å². The summed E-state index contributed by atoms with van der Waals surface area (Å²) in [6, 6.07) is 3.13. The maximum atomic E-state index is 12.1. The number of hydrogen-bond acceptors (Lipinski definition) is 6. The minimum absolute atomic E-state index is 0.0130. The van der Waals surface area contributed by atoms with Crippen LogP contribution < -0.4 is 20.9 Å². The van der Waals surface area contributed by atoms with E-state index in [0.717, 1.165) is 0 Å². The second-order valence-corrected chi connectivity index (χ2v) is 5.33. The van der Waals surface area contributed by atoms with Crippen LogP contribution in [0.2, 0.25) is 0 Å². The van der Waals surface area contributed by atoms with Crippen molar-refractivity contribution < 1.29 is 14.6 Å². The average Bonchev–Trinajstić information content (AvgIpc) is 2.52. The number of hydrogen-bond donors (Lipinski definition) is 2. The summed E-state index contributed by atoms with van der Waals surface area (Å²) in [6.07, 6.45) is 0. The molecule has 0 atom stereocenters. The fraction of sp³-hybridized carbons (Fsp3) is 0.312. The summed E-state index contributed by atoms with van der Waals surface area (Å²) in [6.45, 7) is 3.69. The van der Waals surface area contributed by atoms with Crippen LogP contribution in [-0.2, 0) is 0 Å². The van der Waals surface area contributed by atoms with Crippen LogP contribution in [0.4, 0.5) is 11.4 Å². The van der Waals surface area contributed by atoms with E-state index in [-0.39, 0.29) is 41.0 Å². The van der Waals surface area contributed by atoms with Crippen LogP contribution in [0.25, 0.3) is 0 Å². The Morgan fingerprint density at radius 1 is 1.26 bits per heavy atom. The zero-order chi connectivity index (χ0) is 17.3. The van der Waals surface area contributed by atoms with Gasteiger partial charge in [0.2, 0.25) is 0 Å². The van der Waals surface area contributed by atoms with Crippen molar-refractivity contribution in [2.45, 2.75) is 13.8 Å². The van der Waals surface area contributed by atoms with E-state index >= 15 is 0 Å².